The van der Waals surface area contributed by atoms with Gasteiger partial charge in [-0.25, -0.2) is 4.39 Å². The fraction of sp³-hybridized carbons (Fsp3) is 0.500. The maximum absolute atomic E-state index is 13.8. The van der Waals surface area contributed by atoms with Gasteiger partial charge in [-0.05, 0) is 24.9 Å². The topological polar surface area (TPSA) is 70.6 Å². The summed E-state index contributed by atoms with van der Waals surface area (Å²) >= 11 is 0. The molecule has 1 aromatic carbocycles. The monoisotopic (exact) mass is 265 g/mol. The van der Waals surface area contributed by atoms with Crippen molar-refractivity contribution in [2.75, 3.05) is 6.54 Å². The molecule has 1 aromatic rings. The largest absolute Gasteiger partial charge is 0.409 e. The molecule has 5 heteroatoms. The van der Waals surface area contributed by atoms with E-state index in [1.807, 2.05) is 0 Å². The summed E-state index contributed by atoms with van der Waals surface area (Å²) in [5.41, 5.74) is 6.39. The quantitative estimate of drug-likeness (QED) is 0.243. The molecular weight excluding hydrogens is 245 g/mol. The van der Waals surface area contributed by atoms with Crippen LogP contribution in [0.2, 0.25) is 0 Å². The van der Waals surface area contributed by atoms with Crippen molar-refractivity contribution in [1.82, 2.24) is 5.32 Å². The Hall–Kier alpha value is -1.62. The summed E-state index contributed by atoms with van der Waals surface area (Å²) < 4.78 is 13.8. The molecule has 1 aliphatic carbocycles. The van der Waals surface area contributed by atoms with E-state index in [9.17, 15) is 4.39 Å². The van der Waals surface area contributed by atoms with Gasteiger partial charge in [-0.2, -0.15) is 0 Å². The van der Waals surface area contributed by atoms with E-state index in [1.54, 1.807) is 12.1 Å². The van der Waals surface area contributed by atoms with E-state index in [0.29, 0.717) is 17.7 Å². The highest BCUT2D eigenvalue weighted by Gasteiger charge is 2.16. The summed E-state index contributed by atoms with van der Waals surface area (Å²) in [4.78, 5) is 0. The zero-order chi connectivity index (χ0) is 13.7. The van der Waals surface area contributed by atoms with Crippen molar-refractivity contribution in [2.24, 2.45) is 16.8 Å². The molecule has 0 aromatic heterocycles. The molecule has 0 atom stereocenters. The van der Waals surface area contributed by atoms with Crippen molar-refractivity contribution >= 4 is 5.84 Å². The molecule has 0 spiro atoms. The Balaban J connectivity index is 1.82. The number of hydrogen-bond acceptors (Lipinski definition) is 3. The van der Waals surface area contributed by atoms with Gasteiger partial charge in [0, 0.05) is 17.7 Å². The van der Waals surface area contributed by atoms with Crippen LogP contribution in [0.15, 0.2) is 23.4 Å². The van der Waals surface area contributed by atoms with Crippen LogP contribution in [-0.2, 0) is 6.54 Å². The minimum absolute atomic E-state index is 0.0802. The van der Waals surface area contributed by atoms with Gasteiger partial charge >= 0.3 is 0 Å². The summed E-state index contributed by atoms with van der Waals surface area (Å²) in [5, 5.41) is 14.6. The van der Waals surface area contributed by atoms with Crippen molar-refractivity contribution in [1.29, 1.82) is 0 Å². The number of nitrogens with two attached hydrogens (primary N) is 1. The average Bonchev–Trinajstić information content (AvgIpc) is 2.37. The lowest BCUT2D eigenvalue weighted by atomic mass is 9.83. The predicted molar refractivity (Wildman–Crippen MR) is 72.6 cm³/mol. The van der Waals surface area contributed by atoms with Gasteiger partial charge in [0.15, 0.2) is 5.84 Å². The molecule has 104 valence electrons. The molecule has 2 rings (SSSR count). The first-order chi connectivity index (χ1) is 9.20. The number of halogens is 1. The Morgan fingerprint density at radius 3 is 2.84 bits per heavy atom. The minimum atomic E-state index is -0.333. The molecule has 1 aliphatic rings. The van der Waals surface area contributed by atoms with Gasteiger partial charge in [0.1, 0.15) is 5.82 Å². The van der Waals surface area contributed by atoms with Crippen LogP contribution in [0.25, 0.3) is 0 Å². The van der Waals surface area contributed by atoms with Crippen molar-refractivity contribution in [3.05, 3.63) is 35.1 Å². The lowest BCUT2D eigenvalue weighted by Crippen LogP contribution is -2.21. The Morgan fingerprint density at radius 1 is 1.47 bits per heavy atom. The van der Waals surface area contributed by atoms with Gasteiger partial charge in [-0.15, -0.1) is 0 Å². The molecule has 0 aliphatic heterocycles. The molecule has 1 fully saturated rings. The lowest BCUT2D eigenvalue weighted by Gasteiger charge is -2.25. The normalized spacial score (nSPS) is 16.4. The number of nitrogens with zero attached hydrogens (tertiary/aromatic N) is 1. The number of nitrogens with one attached hydrogen (secondary N) is 1. The van der Waals surface area contributed by atoms with Crippen LogP contribution in [0.3, 0.4) is 0 Å². The predicted octanol–water partition coefficient (Wildman–Crippen LogP) is 2.20. The standard InChI is InChI=1S/C14H20FN3O/c15-13-8-11(14(16)18-19)4-5-12(13)9-17-7-6-10-2-1-3-10/h4-5,8,10,17,19H,1-3,6-7,9H2,(H2,16,18). The third kappa shape index (κ3) is 3.67. The van der Waals surface area contributed by atoms with E-state index in [0.717, 1.165) is 12.5 Å². The van der Waals surface area contributed by atoms with Crippen LogP contribution in [-0.4, -0.2) is 17.6 Å². The molecule has 0 unspecified atom stereocenters. The highest BCUT2D eigenvalue weighted by atomic mass is 19.1. The van der Waals surface area contributed by atoms with Gasteiger partial charge in [0.25, 0.3) is 0 Å². The number of oxime groups is 1. The van der Waals surface area contributed by atoms with Crippen molar-refractivity contribution < 1.29 is 9.60 Å². The molecule has 4 nitrogen and oxygen atoms in total. The SMILES string of the molecule is N/C(=N/O)c1ccc(CNCCC2CCC2)c(F)c1. The van der Waals surface area contributed by atoms with E-state index < -0.39 is 0 Å². The van der Waals surface area contributed by atoms with Gasteiger partial charge in [0.2, 0.25) is 0 Å². The maximum atomic E-state index is 13.8. The van der Waals surface area contributed by atoms with Crippen molar-refractivity contribution in [3.63, 3.8) is 0 Å². The number of amidine groups is 1. The van der Waals surface area contributed by atoms with E-state index in [2.05, 4.69) is 10.5 Å². The molecular formula is C14H20FN3O. The molecule has 4 N–H and O–H groups in total. The summed E-state index contributed by atoms with van der Waals surface area (Å²) in [6.07, 6.45) is 5.20. The summed E-state index contributed by atoms with van der Waals surface area (Å²) in [5.74, 6) is 0.448. The third-order valence-electron chi connectivity index (χ3n) is 3.73. The van der Waals surface area contributed by atoms with Gasteiger partial charge in [-0.3, -0.25) is 0 Å². The van der Waals surface area contributed by atoms with E-state index in [-0.39, 0.29) is 11.7 Å². The zero-order valence-corrected chi connectivity index (χ0v) is 10.9. The smallest absolute Gasteiger partial charge is 0.170 e. The highest BCUT2D eigenvalue weighted by Crippen LogP contribution is 2.28. The molecule has 0 radical (unpaired) electrons. The van der Waals surface area contributed by atoms with Crippen LogP contribution in [0.1, 0.15) is 36.8 Å². The fourth-order valence-electron chi connectivity index (χ4n) is 2.22. The fourth-order valence-corrected chi connectivity index (χ4v) is 2.22. The minimum Gasteiger partial charge on any atom is -0.409 e. The van der Waals surface area contributed by atoms with Crippen LogP contribution >= 0.6 is 0 Å². The summed E-state index contributed by atoms with van der Waals surface area (Å²) in [6.45, 7) is 1.43. The number of hydrogen-bond donors (Lipinski definition) is 3. The summed E-state index contributed by atoms with van der Waals surface area (Å²) in [7, 11) is 0. The Kier molecular flexibility index (Phi) is 4.74. The molecule has 19 heavy (non-hydrogen) atoms. The first-order valence-electron chi connectivity index (χ1n) is 6.67. The van der Waals surface area contributed by atoms with E-state index >= 15 is 0 Å². The highest BCUT2D eigenvalue weighted by molar-refractivity contribution is 5.97. The van der Waals surface area contributed by atoms with Crippen molar-refractivity contribution in [3.8, 4) is 0 Å². The molecule has 0 bridgehead atoms. The zero-order valence-electron chi connectivity index (χ0n) is 10.9. The second kappa shape index (κ2) is 6.52. The van der Waals surface area contributed by atoms with Gasteiger partial charge < -0.3 is 16.3 Å². The van der Waals surface area contributed by atoms with Gasteiger partial charge in [0.05, 0.1) is 0 Å². The Morgan fingerprint density at radius 2 is 2.26 bits per heavy atom. The summed E-state index contributed by atoms with van der Waals surface area (Å²) in [6, 6.07) is 4.61. The molecule has 0 amide bonds. The van der Waals surface area contributed by atoms with Crippen LogP contribution < -0.4 is 11.1 Å². The van der Waals surface area contributed by atoms with E-state index in [1.165, 1.54) is 31.7 Å². The molecule has 0 saturated heterocycles. The second-order valence-electron chi connectivity index (χ2n) is 5.05. The average molecular weight is 265 g/mol. The number of benzene rings is 1. The lowest BCUT2D eigenvalue weighted by molar-refractivity contribution is 0.292. The van der Waals surface area contributed by atoms with E-state index in [4.69, 9.17) is 10.9 Å². The second-order valence-corrected chi connectivity index (χ2v) is 5.05. The molecule has 0 heterocycles. The Bertz CT molecular complexity index is 458. The van der Waals surface area contributed by atoms with Crippen LogP contribution in [0, 0.1) is 11.7 Å². The first kappa shape index (κ1) is 13.8. The van der Waals surface area contributed by atoms with Crippen molar-refractivity contribution in [2.45, 2.75) is 32.2 Å². The Labute approximate surface area is 112 Å². The first-order valence-corrected chi connectivity index (χ1v) is 6.67. The van der Waals surface area contributed by atoms with Crippen LogP contribution in [0.5, 0.6) is 0 Å². The maximum Gasteiger partial charge on any atom is 0.170 e. The van der Waals surface area contributed by atoms with Crippen LogP contribution in [0.4, 0.5) is 4.39 Å². The number of rotatable bonds is 6. The third-order valence-corrected chi connectivity index (χ3v) is 3.73. The molecule has 1 saturated carbocycles. The van der Waals surface area contributed by atoms with Gasteiger partial charge in [-0.1, -0.05) is 36.6 Å².